The number of amides is 2. The van der Waals surface area contributed by atoms with E-state index < -0.39 is 47.9 Å². The minimum absolute atomic E-state index is 0.0872. The van der Waals surface area contributed by atoms with Gasteiger partial charge in [0.2, 0.25) is 0 Å². The maximum atomic E-state index is 13.1. The number of ether oxygens (including phenoxy) is 2. The van der Waals surface area contributed by atoms with Gasteiger partial charge in [0.15, 0.2) is 0 Å². The van der Waals surface area contributed by atoms with Gasteiger partial charge < -0.3 is 29.5 Å². The number of hydrogen-bond acceptors (Lipinski definition) is 6. The molecule has 10 heteroatoms. The zero-order chi connectivity index (χ0) is 23.3. The third-order valence-corrected chi connectivity index (χ3v) is 4.32. The van der Waals surface area contributed by atoms with Gasteiger partial charge in [-0.1, -0.05) is 0 Å². The number of likely N-dealkylation sites (tertiary alicyclic amines) is 2. The summed E-state index contributed by atoms with van der Waals surface area (Å²) in [5.41, 5.74) is -1.14. The first kappa shape index (κ1) is 26.4. The molecule has 4 atom stereocenters. The van der Waals surface area contributed by atoms with Crippen LogP contribution in [0.15, 0.2) is 0 Å². The summed E-state index contributed by atoms with van der Waals surface area (Å²) >= 11 is 0. The molecule has 8 nitrogen and oxygen atoms in total. The van der Waals surface area contributed by atoms with Crippen LogP contribution in [0.4, 0.5) is 18.4 Å². The van der Waals surface area contributed by atoms with E-state index in [0.717, 1.165) is 0 Å². The molecule has 0 spiro atoms. The number of carbonyl (C=O) groups is 2. The van der Waals surface area contributed by atoms with E-state index >= 15 is 0 Å². The van der Waals surface area contributed by atoms with Crippen molar-refractivity contribution >= 4 is 12.2 Å². The van der Waals surface area contributed by atoms with Gasteiger partial charge >= 0.3 is 12.2 Å². The summed E-state index contributed by atoms with van der Waals surface area (Å²) in [6.45, 7) is 11.1. The van der Waals surface area contributed by atoms with Gasteiger partial charge in [-0.05, 0) is 54.4 Å². The van der Waals surface area contributed by atoms with E-state index in [0.29, 0.717) is 13.1 Å². The van der Waals surface area contributed by atoms with Crippen LogP contribution in [-0.2, 0) is 9.47 Å². The highest BCUT2D eigenvalue weighted by molar-refractivity contribution is 5.68. The molecule has 0 aromatic heterocycles. The third kappa shape index (κ3) is 9.42. The molecule has 2 fully saturated rings. The summed E-state index contributed by atoms with van der Waals surface area (Å²) in [7, 11) is 0. The fraction of sp³-hybridized carbons (Fsp3) is 0.900. The number of carbonyl (C=O) groups excluding carboxylic acids is 2. The molecule has 2 aliphatic rings. The summed E-state index contributed by atoms with van der Waals surface area (Å²) in [5.74, 6) is 0. The molecule has 0 unspecified atom stereocenters. The lowest BCUT2D eigenvalue weighted by molar-refractivity contribution is -0.0182. The van der Waals surface area contributed by atoms with Crippen LogP contribution in [0.1, 0.15) is 54.4 Å². The second kappa shape index (κ2) is 10.6. The number of rotatable bonds is 0. The van der Waals surface area contributed by atoms with Crippen molar-refractivity contribution in [2.45, 2.75) is 90.1 Å². The zero-order valence-corrected chi connectivity index (χ0v) is 18.7. The van der Waals surface area contributed by atoms with Crippen molar-refractivity contribution in [2.75, 3.05) is 26.2 Å². The van der Waals surface area contributed by atoms with Gasteiger partial charge in [0.25, 0.3) is 0 Å². The third-order valence-electron chi connectivity index (χ3n) is 4.32. The van der Waals surface area contributed by atoms with Crippen LogP contribution in [0.5, 0.6) is 0 Å². The predicted octanol–water partition coefficient (Wildman–Crippen LogP) is 2.65. The molecule has 0 bridgehead atoms. The normalized spacial score (nSPS) is 27.7. The highest BCUT2D eigenvalue weighted by atomic mass is 19.1. The number of aliphatic hydroxyl groups excluding tert-OH is 2. The van der Waals surface area contributed by atoms with Gasteiger partial charge in [0.05, 0.1) is 25.3 Å². The number of hydrogen-bond donors (Lipinski definition) is 2. The second-order valence-corrected chi connectivity index (χ2v) is 9.60. The summed E-state index contributed by atoms with van der Waals surface area (Å²) in [5, 5.41) is 18.3. The van der Waals surface area contributed by atoms with Crippen LogP contribution in [0.3, 0.4) is 0 Å². The highest BCUT2D eigenvalue weighted by Crippen LogP contribution is 2.18. The van der Waals surface area contributed by atoms with E-state index in [9.17, 15) is 18.4 Å². The first-order valence-electron chi connectivity index (χ1n) is 10.2. The Morgan fingerprint density at radius 2 is 1.07 bits per heavy atom. The predicted molar refractivity (Wildman–Crippen MR) is 107 cm³/mol. The minimum Gasteiger partial charge on any atom is -0.444 e. The zero-order valence-electron chi connectivity index (χ0n) is 18.7. The van der Waals surface area contributed by atoms with E-state index in [1.54, 1.807) is 41.5 Å². The molecule has 176 valence electrons. The molecule has 30 heavy (non-hydrogen) atoms. The standard InChI is InChI=1S/2C10H18FNO3/c2*1-10(2,3)15-9(14)12-5-4-8(13)7(11)6-12/h2*7-8,13H,4-6H2,1-3H3/t7-,8+;7-,8-/m00/s1. The van der Waals surface area contributed by atoms with Crippen molar-refractivity contribution in [1.29, 1.82) is 0 Å². The Kier molecular flexibility index (Phi) is 9.28. The molecular weight excluding hydrogens is 402 g/mol. The molecule has 2 saturated heterocycles. The summed E-state index contributed by atoms with van der Waals surface area (Å²) in [4.78, 5) is 25.6. The Morgan fingerprint density at radius 1 is 0.767 bits per heavy atom. The summed E-state index contributed by atoms with van der Waals surface area (Å²) in [6.07, 6.45) is -5.15. The van der Waals surface area contributed by atoms with E-state index in [1.807, 2.05) is 0 Å². The maximum absolute atomic E-state index is 13.1. The van der Waals surface area contributed by atoms with Crippen LogP contribution >= 0.6 is 0 Å². The number of piperidine rings is 2. The number of alkyl halides is 2. The molecule has 2 aliphatic heterocycles. The Bertz CT molecular complexity index is 529. The first-order valence-corrected chi connectivity index (χ1v) is 10.2. The van der Waals surface area contributed by atoms with Crippen molar-refractivity contribution in [3.8, 4) is 0 Å². The van der Waals surface area contributed by atoms with Gasteiger partial charge in [0, 0.05) is 13.1 Å². The fourth-order valence-corrected chi connectivity index (χ4v) is 2.77. The molecule has 0 radical (unpaired) electrons. The highest BCUT2D eigenvalue weighted by Gasteiger charge is 2.33. The van der Waals surface area contributed by atoms with Crippen LogP contribution in [-0.4, -0.2) is 94.1 Å². The van der Waals surface area contributed by atoms with Gasteiger partial charge in [0.1, 0.15) is 23.5 Å². The lowest BCUT2D eigenvalue weighted by Gasteiger charge is -2.33. The SMILES string of the molecule is CC(C)(C)OC(=O)N1CC[C@@H](O)[C@@H](F)C1.CC(C)(C)OC(=O)N1CC[C@H](O)[C@@H](F)C1. The molecule has 0 aromatic carbocycles. The van der Waals surface area contributed by atoms with Crippen LogP contribution in [0.25, 0.3) is 0 Å². The minimum atomic E-state index is -1.37. The first-order chi connectivity index (χ1) is 13.6. The van der Waals surface area contributed by atoms with Crippen molar-refractivity contribution < 1.29 is 38.1 Å². The Morgan fingerprint density at radius 3 is 1.30 bits per heavy atom. The van der Waals surface area contributed by atoms with Gasteiger partial charge in [-0.25, -0.2) is 18.4 Å². The topological polar surface area (TPSA) is 99.5 Å². The van der Waals surface area contributed by atoms with Crippen molar-refractivity contribution in [3.63, 3.8) is 0 Å². The quantitative estimate of drug-likeness (QED) is 0.603. The molecule has 2 N–H and O–H groups in total. The monoisotopic (exact) mass is 438 g/mol. The number of nitrogens with zero attached hydrogens (tertiary/aromatic N) is 2. The molecule has 2 amide bonds. The molecule has 0 aromatic rings. The summed E-state index contributed by atoms with van der Waals surface area (Å²) < 4.78 is 36.4. The Labute approximate surface area is 177 Å². The lowest BCUT2D eigenvalue weighted by atomic mass is 10.1. The number of halogens is 2. The molecule has 0 aliphatic carbocycles. The van der Waals surface area contributed by atoms with Crippen LogP contribution in [0.2, 0.25) is 0 Å². The molecule has 0 saturated carbocycles. The molecule has 2 heterocycles. The molecule has 2 rings (SSSR count). The van der Waals surface area contributed by atoms with Gasteiger partial charge in [-0.15, -0.1) is 0 Å². The molecular formula is C20H36F2N2O6. The van der Waals surface area contributed by atoms with Crippen molar-refractivity contribution in [1.82, 2.24) is 9.80 Å². The second-order valence-electron chi connectivity index (χ2n) is 9.60. The smallest absolute Gasteiger partial charge is 0.410 e. The van der Waals surface area contributed by atoms with Crippen molar-refractivity contribution in [2.24, 2.45) is 0 Å². The van der Waals surface area contributed by atoms with Gasteiger partial charge in [-0.3, -0.25) is 0 Å². The van der Waals surface area contributed by atoms with Gasteiger partial charge in [-0.2, -0.15) is 0 Å². The van der Waals surface area contributed by atoms with E-state index in [-0.39, 0.29) is 25.9 Å². The average Bonchev–Trinajstić information content (AvgIpc) is 2.57. The van der Waals surface area contributed by atoms with Crippen molar-refractivity contribution in [3.05, 3.63) is 0 Å². The largest absolute Gasteiger partial charge is 0.444 e. The van der Waals surface area contributed by atoms with E-state index in [2.05, 4.69) is 0 Å². The Hall–Kier alpha value is -1.68. The van der Waals surface area contributed by atoms with E-state index in [1.165, 1.54) is 9.80 Å². The Balaban J connectivity index is 0.000000300. The summed E-state index contributed by atoms with van der Waals surface area (Å²) in [6, 6.07) is 0. The average molecular weight is 439 g/mol. The number of aliphatic hydroxyl groups is 2. The fourth-order valence-electron chi connectivity index (χ4n) is 2.77. The maximum Gasteiger partial charge on any atom is 0.410 e. The van der Waals surface area contributed by atoms with E-state index in [4.69, 9.17) is 19.7 Å². The lowest BCUT2D eigenvalue weighted by Crippen LogP contribution is -2.48. The van der Waals surface area contributed by atoms with Crippen LogP contribution < -0.4 is 0 Å². The van der Waals surface area contributed by atoms with Crippen LogP contribution in [0, 0.1) is 0 Å².